The van der Waals surface area contributed by atoms with E-state index in [9.17, 15) is 9.59 Å². The molecule has 6 heteroatoms. The summed E-state index contributed by atoms with van der Waals surface area (Å²) in [6.45, 7) is 8.36. The van der Waals surface area contributed by atoms with E-state index in [4.69, 9.17) is 0 Å². The fourth-order valence-corrected chi connectivity index (χ4v) is 4.33. The summed E-state index contributed by atoms with van der Waals surface area (Å²) >= 11 is 0. The van der Waals surface area contributed by atoms with Crippen LogP contribution in [0, 0.1) is 20.8 Å². The van der Waals surface area contributed by atoms with Gasteiger partial charge in [0.1, 0.15) is 0 Å². The lowest BCUT2D eigenvalue weighted by Gasteiger charge is -2.22. The van der Waals surface area contributed by atoms with Gasteiger partial charge in [-0.25, -0.2) is 4.79 Å². The van der Waals surface area contributed by atoms with Gasteiger partial charge in [0.2, 0.25) is 0 Å². The highest BCUT2D eigenvalue weighted by Gasteiger charge is 2.19. The second kappa shape index (κ2) is 10.4. The highest BCUT2D eigenvalue weighted by atomic mass is 16.2. The van der Waals surface area contributed by atoms with Gasteiger partial charge in [0.25, 0.3) is 5.91 Å². The second-order valence-electron chi connectivity index (χ2n) is 9.05. The number of amides is 3. The minimum atomic E-state index is -0.331. The lowest BCUT2D eigenvalue weighted by atomic mass is 10.1. The van der Waals surface area contributed by atoms with Crippen LogP contribution in [0.25, 0.3) is 0 Å². The van der Waals surface area contributed by atoms with Crippen molar-refractivity contribution in [3.8, 4) is 0 Å². The number of benzene rings is 3. The Morgan fingerprint density at radius 1 is 0.794 bits per heavy atom. The molecule has 0 aliphatic carbocycles. The minimum Gasteiger partial charge on any atom is -0.370 e. The number of urea groups is 1. The Morgan fingerprint density at radius 2 is 1.47 bits per heavy atom. The number of aryl methyl sites for hydroxylation is 3. The molecule has 6 nitrogen and oxygen atoms in total. The molecule has 0 saturated carbocycles. The predicted octanol–water partition coefficient (Wildman–Crippen LogP) is 5.79. The Balaban J connectivity index is 1.51. The Bertz CT molecular complexity index is 1160. The quantitative estimate of drug-likeness (QED) is 0.440. The number of rotatable bonds is 6. The van der Waals surface area contributed by atoms with Crippen LogP contribution in [0.1, 0.15) is 45.5 Å². The van der Waals surface area contributed by atoms with E-state index in [0.29, 0.717) is 17.8 Å². The monoisotopic (exact) mass is 456 g/mol. The average Bonchev–Trinajstić information content (AvgIpc) is 3.32. The van der Waals surface area contributed by atoms with E-state index in [1.807, 2.05) is 69.3 Å². The van der Waals surface area contributed by atoms with Crippen molar-refractivity contribution in [2.24, 2.45) is 0 Å². The van der Waals surface area contributed by atoms with E-state index in [0.717, 1.165) is 54.0 Å². The third kappa shape index (κ3) is 5.95. The third-order valence-electron chi connectivity index (χ3n) is 6.01. The molecule has 34 heavy (non-hydrogen) atoms. The molecular formula is C28H32N4O2. The van der Waals surface area contributed by atoms with Crippen LogP contribution in [-0.2, 0) is 6.54 Å². The Morgan fingerprint density at radius 3 is 2.15 bits per heavy atom. The summed E-state index contributed by atoms with van der Waals surface area (Å²) in [4.78, 5) is 28.0. The normalized spacial score (nSPS) is 13.0. The molecule has 3 aromatic carbocycles. The van der Waals surface area contributed by atoms with Crippen LogP contribution < -0.4 is 20.9 Å². The molecule has 0 unspecified atom stereocenters. The maximum atomic E-state index is 12.9. The summed E-state index contributed by atoms with van der Waals surface area (Å²) < 4.78 is 0. The van der Waals surface area contributed by atoms with Crippen molar-refractivity contribution in [1.29, 1.82) is 0 Å². The van der Waals surface area contributed by atoms with Gasteiger partial charge in [-0.05, 0) is 80.6 Å². The van der Waals surface area contributed by atoms with E-state index in [1.54, 1.807) is 6.07 Å². The van der Waals surface area contributed by atoms with Crippen molar-refractivity contribution >= 4 is 29.0 Å². The molecular weight excluding hydrogens is 424 g/mol. The van der Waals surface area contributed by atoms with Gasteiger partial charge in [-0.3, -0.25) is 4.79 Å². The molecule has 3 N–H and O–H groups in total. The molecule has 3 amide bonds. The van der Waals surface area contributed by atoms with Crippen molar-refractivity contribution in [1.82, 2.24) is 5.32 Å². The first-order valence-corrected chi connectivity index (χ1v) is 11.8. The first-order valence-electron chi connectivity index (χ1n) is 11.8. The van der Waals surface area contributed by atoms with Crippen LogP contribution in [-0.4, -0.2) is 25.0 Å². The maximum Gasteiger partial charge on any atom is 0.323 e. The topological polar surface area (TPSA) is 73.5 Å². The maximum absolute atomic E-state index is 12.9. The largest absolute Gasteiger partial charge is 0.370 e. The highest BCUT2D eigenvalue weighted by Crippen LogP contribution is 2.30. The van der Waals surface area contributed by atoms with Crippen LogP contribution in [0.4, 0.5) is 21.9 Å². The van der Waals surface area contributed by atoms with Gasteiger partial charge in [0, 0.05) is 30.9 Å². The lowest BCUT2D eigenvalue weighted by molar-refractivity contribution is 0.0951. The standard InChI is InChI=1S/C28H32N4O2/c1-19-6-8-22(9-7-19)18-29-27(33)23-10-11-26(32-12-4-5-13-32)25(17-23)31-28(34)30-24-15-20(2)14-21(3)16-24/h6-11,14-17H,4-5,12-13,18H2,1-3H3,(H,29,33)(H2,30,31,34). The molecule has 0 aromatic heterocycles. The average molecular weight is 457 g/mol. The van der Waals surface area contributed by atoms with E-state index in [1.165, 1.54) is 5.56 Å². The van der Waals surface area contributed by atoms with Gasteiger partial charge in [0.05, 0.1) is 11.4 Å². The summed E-state index contributed by atoms with van der Waals surface area (Å²) in [6.07, 6.45) is 2.24. The molecule has 1 aliphatic heterocycles. The lowest BCUT2D eigenvalue weighted by Crippen LogP contribution is -2.26. The highest BCUT2D eigenvalue weighted by molar-refractivity contribution is 6.04. The Kier molecular flexibility index (Phi) is 7.16. The van der Waals surface area contributed by atoms with Gasteiger partial charge in [-0.1, -0.05) is 35.9 Å². The van der Waals surface area contributed by atoms with Crippen molar-refractivity contribution < 1.29 is 9.59 Å². The number of nitrogens with one attached hydrogen (secondary N) is 3. The molecule has 1 saturated heterocycles. The summed E-state index contributed by atoms with van der Waals surface area (Å²) in [5.74, 6) is -0.175. The third-order valence-corrected chi connectivity index (χ3v) is 6.01. The van der Waals surface area contributed by atoms with Gasteiger partial charge < -0.3 is 20.9 Å². The SMILES string of the molecule is Cc1ccc(CNC(=O)c2ccc(N3CCCC3)c(NC(=O)Nc3cc(C)cc(C)c3)c2)cc1. The molecule has 176 valence electrons. The number of hydrogen-bond acceptors (Lipinski definition) is 3. The zero-order valence-electron chi connectivity index (χ0n) is 20.1. The zero-order chi connectivity index (χ0) is 24.1. The predicted molar refractivity (Wildman–Crippen MR) is 139 cm³/mol. The second-order valence-corrected chi connectivity index (χ2v) is 9.05. The molecule has 4 rings (SSSR count). The molecule has 0 spiro atoms. The molecule has 1 fully saturated rings. The number of carbonyl (C=O) groups is 2. The van der Waals surface area contributed by atoms with E-state index >= 15 is 0 Å². The molecule has 0 bridgehead atoms. The van der Waals surface area contributed by atoms with Gasteiger partial charge in [-0.2, -0.15) is 0 Å². The van der Waals surface area contributed by atoms with Crippen LogP contribution in [0.3, 0.4) is 0 Å². The van der Waals surface area contributed by atoms with E-state index < -0.39 is 0 Å². The van der Waals surface area contributed by atoms with Crippen molar-refractivity contribution in [3.05, 3.63) is 88.5 Å². The zero-order valence-corrected chi connectivity index (χ0v) is 20.1. The Hall–Kier alpha value is -3.80. The van der Waals surface area contributed by atoms with Crippen LogP contribution in [0.5, 0.6) is 0 Å². The van der Waals surface area contributed by atoms with Gasteiger partial charge in [0.15, 0.2) is 0 Å². The molecule has 0 radical (unpaired) electrons. The van der Waals surface area contributed by atoms with E-state index in [-0.39, 0.29) is 11.9 Å². The summed E-state index contributed by atoms with van der Waals surface area (Å²) in [5.41, 5.74) is 7.21. The van der Waals surface area contributed by atoms with Gasteiger partial charge in [-0.15, -0.1) is 0 Å². The smallest absolute Gasteiger partial charge is 0.323 e. The first kappa shape index (κ1) is 23.4. The van der Waals surface area contributed by atoms with Crippen LogP contribution in [0.2, 0.25) is 0 Å². The molecule has 1 aliphatic rings. The molecule has 3 aromatic rings. The van der Waals surface area contributed by atoms with Gasteiger partial charge >= 0.3 is 6.03 Å². The molecule has 1 heterocycles. The fraction of sp³-hybridized carbons (Fsp3) is 0.286. The van der Waals surface area contributed by atoms with Crippen molar-refractivity contribution in [2.45, 2.75) is 40.2 Å². The molecule has 0 atom stereocenters. The van der Waals surface area contributed by atoms with Crippen molar-refractivity contribution in [3.63, 3.8) is 0 Å². The van der Waals surface area contributed by atoms with Crippen LogP contribution in [0.15, 0.2) is 60.7 Å². The number of hydrogen-bond donors (Lipinski definition) is 3. The number of anilines is 3. The Labute approximate surface area is 201 Å². The summed E-state index contributed by atoms with van der Waals surface area (Å²) in [6, 6.07) is 19.2. The fourth-order valence-electron chi connectivity index (χ4n) is 4.33. The number of carbonyl (C=O) groups excluding carboxylic acids is 2. The van der Waals surface area contributed by atoms with E-state index in [2.05, 4.69) is 26.9 Å². The minimum absolute atomic E-state index is 0.175. The van der Waals surface area contributed by atoms with Crippen LogP contribution >= 0.6 is 0 Å². The first-order chi connectivity index (χ1) is 16.4. The number of nitrogens with zero attached hydrogens (tertiary/aromatic N) is 1. The summed E-state index contributed by atoms with van der Waals surface area (Å²) in [7, 11) is 0. The van der Waals surface area contributed by atoms with Crippen molar-refractivity contribution in [2.75, 3.05) is 28.6 Å². The summed E-state index contributed by atoms with van der Waals surface area (Å²) in [5, 5.41) is 8.87.